The summed E-state index contributed by atoms with van der Waals surface area (Å²) in [6.07, 6.45) is 1.07. The number of aromatic nitrogens is 1. The van der Waals surface area contributed by atoms with E-state index in [4.69, 9.17) is 9.15 Å². The van der Waals surface area contributed by atoms with E-state index in [1.54, 1.807) is 17.7 Å². The Morgan fingerprint density at radius 3 is 2.57 bits per heavy atom. The third-order valence-corrected chi connectivity index (χ3v) is 5.78. The molecule has 1 saturated heterocycles. The Morgan fingerprint density at radius 2 is 1.83 bits per heavy atom. The highest BCUT2D eigenvalue weighted by Crippen LogP contribution is 2.13. The topological polar surface area (TPSA) is 69.1 Å². The fourth-order valence-electron chi connectivity index (χ4n) is 4.05. The Hall–Kier alpha value is -3.06. The number of fused-ring (bicyclic) bond motifs is 1. The Morgan fingerprint density at radius 1 is 1.10 bits per heavy atom. The summed E-state index contributed by atoms with van der Waals surface area (Å²) in [5.41, 5.74) is 2.65. The molecule has 1 aliphatic heterocycles. The standard InChI is InChI=1S/C23H27N3O4/c1-29-19-10-8-18(9-11-19)17-24-13-15-25(16-14-24)22(27)7-4-12-26-20-5-2-3-6-21(20)30-23(26)28/h2-3,5-6,8-11H,4,7,12-17H2,1H3/p+1. The van der Waals surface area contributed by atoms with Crippen molar-refractivity contribution in [3.05, 3.63) is 64.6 Å². The number of nitrogens with one attached hydrogen (secondary N) is 1. The number of piperazine rings is 1. The van der Waals surface area contributed by atoms with Crippen LogP contribution in [0.25, 0.3) is 11.1 Å². The van der Waals surface area contributed by atoms with Crippen molar-refractivity contribution >= 4 is 17.0 Å². The van der Waals surface area contributed by atoms with E-state index in [0.717, 1.165) is 44.0 Å². The predicted molar refractivity (Wildman–Crippen MR) is 114 cm³/mol. The largest absolute Gasteiger partial charge is 0.497 e. The Labute approximate surface area is 175 Å². The smallest absolute Gasteiger partial charge is 0.419 e. The third-order valence-electron chi connectivity index (χ3n) is 5.78. The van der Waals surface area contributed by atoms with Crippen LogP contribution >= 0.6 is 0 Å². The maximum Gasteiger partial charge on any atom is 0.419 e. The van der Waals surface area contributed by atoms with Crippen LogP contribution in [0, 0.1) is 0 Å². The molecule has 0 radical (unpaired) electrons. The first-order chi connectivity index (χ1) is 14.6. The van der Waals surface area contributed by atoms with E-state index >= 15 is 0 Å². The maximum absolute atomic E-state index is 12.6. The normalized spacial score (nSPS) is 14.9. The number of aryl methyl sites for hydroxylation is 1. The van der Waals surface area contributed by atoms with E-state index in [9.17, 15) is 9.59 Å². The van der Waals surface area contributed by atoms with Crippen molar-refractivity contribution in [1.82, 2.24) is 9.47 Å². The van der Waals surface area contributed by atoms with E-state index in [2.05, 4.69) is 12.1 Å². The van der Waals surface area contributed by atoms with Gasteiger partial charge in [-0.2, -0.15) is 0 Å². The van der Waals surface area contributed by atoms with Gasteiger partial charge < -0.3 is 19.0 Å². The molecule has 0 bridgehead atoms. The number of carbonyl (C=O) groups is 1. The van der Waals surface area contributed by atoms with Crippen molar-refractivity contribution < 1.29 is 18.8 Å². The minimum Gasteiger partial charge on any atom is -0.497 e. The van der Waals surface area contributed by atoms with Crippen LogP contribution in [0.2, 0.25) is 0 Å². The molecular formula is C23H28N3O4+. The van der Waals surface area contributed by atoms with Gasteiger partial charge in [0.25, 0.3) is 0 Å². The lowest BCUT2D eigenvalue weighted by atomic mass is 10.2. The summed E-state index contributed by atoms with van der Waals surface area (Å²) >= 11 is 0. The zero-order valence-electron chi connectivity index (χ0n) is 17.3. The second-order valence-electron chi connectivity index (χ2n) is 7.75. The molecule has 1 aliphatic rings. The first-order valence-corrected chi connectivity index (χ1v) is 10.5. The molecule has 2 heterocycles. The summed E-state index contributed by atoms with van der Waals surface area (Å²) in [4.78, 5) is 28.1. The summed E-state index contributed by atoms with van der Waals surface area (Å²) in [6.45, 7) is 4.90. The highest BCUT2D eigenvalue weighted by Gasteiger charge is 2.23. The number of nitrogens with zero attached hydrogens (tertiary/aromatic N) is 2. The maximum atomic E-state index is 12.6. The summed E-state index contributed by atoms with van der Waals surface area (Å²) in [7, 11) is 1.67. The molecule has 1 amide bonds. The zero-order chi connectivity index (χ0) is 20.9. The molecule has 0 aliphatic carbocycles. The van der Waals surface area contributed by atoms with E-state index in [1.807, 2.05) is 35.2 Å². The number of carbonyl (C=O) groups excluding carboxylic acids is 1. The van der Waals surface area contributed by atoms with Gasteiger partial charge in [0.2, 0.25) is 5.91 Å². The zero-order valence-corrected chi connectivity index (χ0v) is 17.3. The van der Waals surface area contributed by atoms with Gasteiger partial charge in [0.1, 0.15) is 12.3 Å². The van der Waals surface area contributed by atoms with Gasteiger partial charge in [-0.05, 0) is 42.8 Å². The van der Waals surface area contributed by atoms with Crippen molar-refractivity contribution in [3.63, 3.8) is 0 Å². The van der Waals surface area contributed by atoms with Gasteiger partial charge in [0.15, 0.2) is 5.58 Å². The van der Waals surface area contributed by atoms with Crippen LogP contribution < -0.4 is 15.4 Å². The fraction of sp³-hybridized carbons (Fsp3) is 0.391. The Balaban J connectivity index is 1.23. The third kappa shape index (κ3) is 4.57. The van der Waals surface area contributed by atoms with E-state index < -0.39 is 0 Å². The van der Waals surface area contributed by atoms with E-state index in [1.165, 1.54) is 10.5 Å². The van der Waals surface area contributed by atoms with Crippen molar-refractivity contribution in [2.45, 2.75) is 25.9 Å². The van der Waals surface area contributed by atoms with Gasteiger partial charge in [0.05, 0.1) is 38.8 Å². The molecule has 0 spiro atoms. The molecule has 7 heteroatoms. The lowest BCUT2D eigenvalue weighted by molar-refractivity contribution is -0.917. The average molecular weight is 410 g/mol. The van der Waals surface area contributed by atoms with Crippen LogP contribution in [-0.2, 0) is 17.9 Å². The highest BCUT2D eigenvalue weighted by atomic mass is 16.5. The molecule has 3 aromatic rings. The van der Waals surface area contributed by atoms with Crippen LogP contribution in [0.1, 0.15) is 18.4 Å². The first kappa shape index (κ1) is 20.2. The molecule has 30 heavy (non-hydrogen) atoms. The molecule has 0 atom stereocenters. The number of ether oxygens (including phenoxy) is 1. The van der Waals surface area contributed by atoms with Crippen LogP contribution in [0.5, 0.6) is 5.75 Å². The second kappa shape index (κ2) is 9.17. The van der Waals surface area contributed by atoms with Crippen LogP contribution in [0.3, 0.4) is 0 Å². The number of benzene rings is 2. The monoisotopic (exact) mass is 410 g/mol. The Kier molecular flexibility index (Phi) is 6.18. The number of amides is 1. The van der Waals surface area contributed by atoms with Crippen LogP contribution in [0.4, 0.5) is 0 Å². The quantitative estimate of drug-likeness (QED) is 0.638. The lowest BCUT2D eigenvalue weighted by Gasteiger charge is -2.32. The van der Waals surface area contributed by atoms with Gasteiger partial charge in [0, 0.05) is 18.5 Å². The van der Waals surface area contributed by atoms with Gasteiger partial charge >= 0.3 is 5.76 Å². The number of rotatable bonds is 7. The summed E-state index contributed by atoms with van der Waals surface area (Å²) in [5, 5.41) is 0. The average Bonchev–Trinajstić information content (AvgIpc) is 3.10. The molecule has 4 rings (SSSR count). The molecule has 1 fully saturated rings. The Bertz CT molecular complexity index is 1050. The molecule has 1 aromatic heterocycles. The summed E-state index contributed by atoms with van der Waals surface area (Å²) < 4.78 is 12.1. The summed E-state index contributed by atoms with van der Waals surface area (Å²) in [5.74, 6) is 0.675. The van der Waals surface area contributed by atoms with E-state index in [0.29, 0.717) is 25.0 Å². The lowest BCUT2D eigenvalue weighted by Crippen LogP contribution is -3.13. The summed E-state index contributed by atoms with van der Waals surface area (Å²) in [6, 6.07) is 15.6. The molecule has 0 saturated carbocycles. The molecule has 7 nitrogen and oxygen atoms in total. The highest BCUT2D eigenvalue weighted by molar-refractivity contribution is 5.76. The van der Waals surface area contributed by atoms with Crippen molar-refractivity contribution in [1.29, 1.82) is 0 Å². The second-order valence-corrected chi connectivity index (χ2v) is 7.75. The van der Waals surface area contributed by atoms with E-state index in [-0.39, 0.29) is 11.7 Å². The molecule has 0 unspecified atom stereocenters. The first-order valence-electron chi connectivity index (χ1n) is 10.5. The SMILES string of the molecule is COc1ccc(C[NH+]2CCN(C(=O)CCCn3c(=O)oc4ccccc43)CC2)cc1. The van der Waals surface area contributed by atoms with Gasteiger partial charge in [-0.1, -0.05) is 12.1 Å². The minimum atomic E-state index is -0.362. The minimum absolute atomic E-state index is 0.166. The molecule has 2 aromatic carbocycles. The number of para-hydroxylation sites is 2. The number of quaternary nitrogens is 1. The van der Waals surface area contributed by atoms with Crippen molar-refractivity contribution in [3.8, 4) is 5.75 Å². The molecule has 158 valence electrons. The number of oxazole rings is 1. The van der Waals surface area contributed by atoms with Crippen molar-refractivity contribution in [2.75, 3.05) is 33.3 Å². The van der Waals surface area contributed by atoms with Gasteiger partial charge in [-0.15, -0.1) is 0 Å². The fourth-order valence-corrected chi connectivity index (χ4v) is 4.05. The van der Waals surface area contributed by atoms with Crippen LogP contribution in [0.15, 0.2) is 57.7 Å². The number of hydrogen-bond donors (Lipinski definition) is 1. The number of methoxy groups -OCH3 is 1. The molecule has 1 N–H and O–H groups in total. The number of hydrogen-bond acceptors (Lipinski definition) is 4. The molecular weight excluding hydrogens is 382 g/mol. The van der Waals surface area contributed by atoms with Gasteiger partial charge in [-0.3, -0.25) is 9.36 Å². The van der Waals surface area contributed by atoms with Gasteiger partial charge in [-0.25, -0.2) is 4.79 Å². The van der Waals surface area contributed by atoms with Crippen LogP contribution in [-0.4, -0.2) is 48.7 Å². The van der Waals surface area contributed by atoms with Crippen molar-refractivity contribution in [2.24, 2.45) is 0 Å². The predicted octanol–water partition coefficient (Wildman–Crippen LogP) is 1.31.